The Balaban J connectivity index is 1.76. The standard InChI is InChI=1S/C14H14FN3O/c15-12-5-3-4-11(8-12)9-17-14(19)18-10-13-6-1-2-7-16-13/h1-8H,9-10H2,(H2,17,18,19). The van der Waals surface area contributed by atoms with Crippen LogP contribution in [0.15, 0.2) is 48.7 Å². The fraction of sp³-hybridized carbons (Fsp3) is 0.143. The zero-order chi connectivity index (χ0) is 13.5. The number of carbonyl (C=O) groups excluding carboxylic acids is 1. The fourth-order valence-corrected chi connectivity index (χ4v) is 1.57. The van der Waals surface area contributed by atoms with Gasteiger partial charge in [-0.15, -0.1) is 0 Å². The van der Waals surface area contributed by atoms with Crippen LogP contribution in [0.2, 0.25) is 0 Å². The molecule has 0 saturated carbocycles. The number of carbonyl (C=O) groups is 1. The number of pyridine rings is 1. The van der Waals surface area contributed by atoms with E-state index in [1.807, 2.05) is 18.2 Å². The normalized spacial score (nSPS) is 9.95. The van der Waals surface area contributed by atoms with Crippen LogP contribution in [0, 0.1) is 5.82 Å². The molecule has 0 saturated heterocycles. The Bertz CT molecular complexity index is 545. The van der Waals surface area contributed by atoms with Crippen molar-refractivity contribution in [3.8, 4) is 0 Å². The zero-order valence-electron chi connectivity index (χ0n) is 10.3. The lowest BCUT2D eigenvalue weighted by Crippen LogP contribution is -2.34. The molecule has 0 spiro atoms. The molecule has 1 heterocycles. The molecule has 0 atom stereocenters. The van der Waals surface area contributed by atoms with Gasteiger partial charge in [0, 0.05) is 12.7 Å². The molecule has 0 aliphatic heterocycles. The number of amides is 2. The van der Waals surface area contributed by atoms with Crippen molar-refractivity contribution in [2.24, 2.45) is 0 Å². The maximum absolute atomic E-state index is 12.9. The third kappa shape index (κ3) is 4.39. The van der Waals surface area contributed by atoms with Crippen molar-refractivity contribution < 1.29 is 9.18 Å². The molecule has 5 heteroatoms. The molecule has 1 aromatic carbocycles. The summed E-state index contributed by atoms with van der Waals surface area (Å²) in [5.74, 6) is -0.312. The minimum Gasteiger partial charge on any atom is -0.334 e. The molecule has 19 heavy (non-hydrogen) atoms. The van der Waals surface area contributed by atoms with E-state index < -0.39 is 0 Å². The Labute approximate surface area is 110 Å². The van der Waals surface area contributed by atoms with Gasteiger partial charge in [0.15, 0.2) is 0 Å². The lowest BCUT2D eigenvalue weighted by molar-refractivity contribution is 0.240. The minimum absolute atomic E-state index is 0.284. The first-order valence-corrected chi connectivity index (χ1v) is 5.90. The monoisotopic (exact) mass is 259 g/mol. The van der Waals surface area contributed by atoms with Gasteiger partial charge in [-0.25, -0.2) is 9.18 Å². The van der Waals surface area contributed by atoms with Crippen LogP contribution in [0.25, 0.3) is 0 Å². The molecule has 4 nitrogen and oxygen atoms in total. The average molecular weight is 259 g/mol. The summed E-state index contributed by atoms with van der Waals surface area (Å²) in [4.78, 5) is 15.6. The van der Waals surface area contributed by atoms with Gasteiger partial charge in [-0.2, -0.15) is 0 Å². The minimum atomic E-state index is -0.312. The number of nitrogens with one attached hydrogen (secondary N) is 2. The Hall–Kier alpha value is -2.43. The van der Waals surface area contributed by atoms with Gasteiger partial charge in [0.2, 0.25) is 0 Å². The highest BCUT2D eigenvalue weighted by atomic mass is 19.1. The summed E-state index contributed by atoms with van der Waals surface area (Å²) in [6, 6.07) is 11.3. The molecule has 0 aliphatic rings. The van der Waals surface area contributed by atoms with Crippen LogP contribution < -0.4 is 10.6 Å². The van der Waals surface area contributed by atoms with Gasteiger partial charge in [-0.3, -0.25) is 4.98 Å². The second-order valence-electron chi connectivity index (χ2n) is 3.99. The molecule has 2 aromatic rings. The van der Waals surface area contributed by atoms with Gasteiger partial charge in [-0.05, 0) is 29.8 Å². The quantitative estimate of drug-likeness (QED) is 0.884. The summed E-state index contributed by atoms with van der Waals surface area (Å²) in [5.41, 5.74) is 1.50. The number of hydrogen-bond acceptors (Lipinski definition) is 2. The average Bonchev–Trinajstić information content (AvgIpc) is 2.44. The number of nitrogens with zero attached hydrogens (tertiary/aromatic N) is 1. The largest absolute Gasteiger partial charge is 0.334 e. The molecule has 2 amide bonds. The Morgan fingerprint density at radius 2 is 1.95 bits per heavy atom. The van der Waals surface area contributed by atoms with Crippen molar-refractivity contribution in [1.82, 2.24) is 15.6 Å². The predicted molar refractivity (Wildman–Crippen MR) is 69.7 cm³/mol. The summed E-state index contributed by atoms with van der Waals surface area (Å²) in [6.07, 6.45) is 1.67. The summed E-state index contributed by atoms with van der Waals surface area (Å²) >= 11 is 0. The number of benzene rings is 1. The van der Waals surface area contributed by atoms with Crippen LogP contribution >= 0.6 is 0 Å². The van der Waals surface area contributed by atoms with Gasteiger partial charge < -0.3 is 10.6 Å². The van der Waals surface area contributed by atoms with Crippen molar-refractivity contribution in [2.75, 3.05) is 0 Å². The zero-order valence-corrected chi connectivity index (χ0v) is 10.3. The first-order valence-electron chi connectivity index (χ1n) is 5.90. The number of hydrogen-bond donors (Lipinski definition) is 2. The van der Waals surface area contributed by atoms with Crippen LogP contribution in [0.4, 0.5) is 9.18 Å². The highest BCUT2D eigenvalue weighted by molar-refractivity contribution is 5.73. The molecule has 98 valence electrons. The molecule has 2 N–H and O–H groups in total. The molecule has 0 aliphatic carbocycles. The third-order valence-electron chi connectivity index (χ3n) is 2.50. The third-order valence-corrected chi connectivity index (χ3v) is 2.50. The molecule has 2 rings (SSSR count). The van der Waals surface area contributed by atoms with E-state index in [0.717, 1.165) is 5.69 Å². The highest BCUT2D eigenvalue weighted by Crippen LogP contribution is 2.02. The molecular formula is C14H14FN3O. The summed E-state index contributed by atoms with van der Waals surface area (Å²) < 4.78 is 12.9. The smallest absolute Gasteiger partial charge is 0.315 e. The van der Waals surface area contributed by atoms with E-state index in [9.17, 15) is 9.18 Å². The van der Waals surface area contributed by atoms with Crippen molar-refractivity contribution in [2.45, 2.75) is 13.1 Å². The van der Waals surface area contributed by atoms with Gasteiger partial charge in [0.1, 0.15) is 5.82 Å². The first kappa shape index (κ1) is 13.0. The SMILES string of the molecule is O=C(NCc1cccc(F)c1)NCc1ccccn1. The number of urea groups is 1. The maximum Gasteiger partial charge on any atom is 0.315 e. The molecule has 0 bridgehead atoms. The fourth-order valence-electron chi connectivity index (χ4n) is 1.57. The van der Waals surface area contributed by atoms with Crippen molar-refractivity contribution in [1.29, 1.82) is 0 Å². The first-order chi connectivity index (χ1) is 9.24. The Morgan fingerprint density at radius 3 is 2.68 bits per heavy atom. The van der Waals surface area contributed by atoms with Crippen LogP contribution in [0.1, 0.15) is 11.3 Å². The van der Waals surface area contributed by atoms with Crippen LogP contribution in [0.3, 0.4) is 0 Å². The van der Waals surface area contributed by atoms with E-state index >= 15 is 0 Å². The van der Waals surface area contributed by atoms with Crippen LogP contribution in [-0.4, -0.2) is 11.0 Å². The highest BCUT2D eigenvalue weighted by Gasteiger charge is 2.01. The van der Waals surface area contributed by atoms with Gasteiger partial charge >= 0.3 is 6.03 Å². The van der Waals surface area contributed by atoms with E-state index in [1.165, 1.54) is 12.1 Å². The second kappa shape index (κ2) is 6.49. The van der Waals surface area contributed by atoms with Crippen molar-refractivity contribution in [3.63, 3.8) is 0 Å². The van der Waals surface area contributed by atoms with E-state index in [4.69, 9.17) is 0 Å². The van der Waals surface area contributed by atoms with Gasteiger partial charge in [0.05, 0.1) is 12.2 Å². The maximum atomic E-state index is 12.9. The summed E-state index contributed by atoms with van der Waals surface area (Å²) in [7, 11) is 0. The number of aromatic nitrogens is 1. The lowest BCUT2D eigenvalue weighted by Gasteiger charge is -2.07. The molecule has 0 radical (unpaired) electrons. The van der Waals surface area contributed by atoms with E-state index in [2.05, 4.69) is 15.6 Å². The van der Waals surface area contributed by atoms with Gasteiger partial charge in [-0.1, -0.05) is 18.2 Å². The van der Waals surface area contributed by atoms with E-state index in [0.29, 0.717) is 12.1 Å². The molecule has 1 aromatic heterocycles. The molecule has 0 fully saturated rings. The van der Waals surface area contributed by atoms with E-state index in [-0.39, 0.29) is 18.4 Å². The van der Waals surface area contributed by atoms with Crippen LogP contribution in [0.5, 0.6) is 0 Å². The van der Waals surface area contributed by atoms with Gasteiger partial charge in [0.25, 0.3) is 0 Å². The molecule has 0 unspecified atom stereocenters. The summed E-state index contributed by atoms with van der Waals surface area (Å²) in [5, 5.41) is 5.33. The Morgan fingerprint density at radius 1 is 1.11 bits per heavy atom. The topological polar surface area (TPSA) is 54.0 Å². The lowest BCUT2D eigenvalue weighted by atomic mass is 10.2. The molecular weight excluding hydrogens is 245 g/mol. The van der Waals surface area contributed by atoms with Crippen molar-refractivity contribution in [3.05, 3.63) is 65.7 Å². The van der Waals surface area contributed by atoms with E-state index in [1.54, 1.807) is 18.3 Å². The second-order valence-corrected chi connectivity index (χ2v) is 3.99. The number of rotatable bonds is 4. The van der Waals surface area contributed by atoms with Crippen LogP contribution in [-0.2, 0) is 13.1 Å². The summed E-state index contributed by atoms with van der Waals surface area (Å²) in [6.45, 7) is 0.641. The number of halogens is 1. The predicted octanol–water partition coefficient (Wildman–Crippen LogP) is 2.22. The van der Waals surface area contributed by atoms with Crippen molar-refractivity contribution >= 4 is 6.03 Å². The Kier molecular flexibility index (Phi) is 4.44.